The van der Waals surface area contributed by atoms with Crippen LogP contribution in [0.3, 0.4) is 0 Å². The first-order valence-electron chi connectivity index (χ1n) is 8.93. The minimum Gasteiger partial charge on any atom is -0.291 e. The largest absolute Gasteiger partial charge is 0.291 e. The number of hydrogen-bond acceptors (Lipinski definition) is 3. The normalized spacial score (nSPS) is 11.5. The van der Waals surface area contributed by atoms with Crippen molar-refractivity contribution < 1.29 is 0 Å². The van der Waals surface area contributed by atoms with Gasteiger partial charge in [0.1, 0.15) is 18.2 Å². The minimum absolute atomic E-state index is 0.589. The summed E-state index contributed by atoms with van der Waals surface area (Å²) in [5.41, 5.74) is 5.47. The number of hydrogen-bond donors (Lipinski definition) is 0. The molecule has 3 aromatic heterocycles. The van der Waals surface area contributed by atoms with E-state index in [0.717, 1.165) is 35.3 Å². The Labute approximate surface area is 152 Å². The topological polar surface area (TPSA) is 58.9 Å². The summed E-state index contributed by atoms with van der Waals surface area (Å²) in [5.74, 6) is 1.62. The SMILES string of the molecule is Cc1c(CCC(C)C)c(-n2ccnc2)n2c(nc3ccccc32)c1C#N. The van der Waals surface area contributed by atoms with E-state index in [2.05, 4.69) is 35.4 Å². The molecular weight excluding hydrogens is 322 g/mol. The summed E-state index contributed by atoms with van der Waals surface area (Å²) in [4.78, 5) is 9.00. The molecule has 0 aliphatic rings. The molecule has 4 aromatic rings. The van der Waals surface area contributed by atoms with Gasteiger partial charge in [-0.1, -0.05) is 26.0 Å². The number of fused-ring (bicyclic) bond motifs is 3. The van der Waals surface area contributed by atoms with Crippen LogP contribution in [0.2, 0.25) is 0 Å². The fourth-order valence-corrected chi connectivity index (χ4v) is 3.55. The maximum Gasteiger partial charge on any atom is 0.157 e. The Bertz CT molecular complexity index is 1130. The highest BCUT2D eigenvalue weighted by Gasteiger charge is 2.21. The van der Waals surface area contributed by atoms with Crippen molar-refractivity contribution in [1.29, 1.82) is 5.26 Å². The van der Waals surface area contributed by atoms with Crippen molar-refractivity contribution in [2.75, 3.05) is 0 Å². The minimum atomic E-state index is 0.589. The second-order valence-electron chi connectivity index (χ2n) is 7.08. The lowest BCUT2D eigenvalue weighted by atomic mass is 9.97. The maximum atomic E-state index is 9.84. The molecule has 3 heterocycles. The first-order valence-corrected chi connectivity index (χ1v) is 8.93. The third-order valence-corrected chi connectivity index (χ3v) is 4.93. The quantitative estimate of drug-likeness (QED) is 0.550. The molecule has 0 saturated heterocycles. The van der Waals surface area contributed by atoms with Crippen LogP contribution in [0.4, 0.5) is 0 Å². The van der Waals surface area contributed by atoms with Crippen LogP contribution in [-0.2, 0) is 6.42 Å². The fourth-order valence-electron chi connectivity index (χ4n) is 3.55. The zero-order chi connectivity index (χ0) is 18.3. The highest BCUT2D eigenvalue weighted by Crippen LogP contribution is 2.31. The molecule has 1 aromatic carbocycles. The lowest BCUT2D eigenvalue weighted by Gasteiger charge is -2.18. The summed E-state index contributed by atoms with van der Waals surface area (Å²) in [6.45, 7) is 6.49. The number of nitriles is 1. The van der Waals surface area contributed by atoms with Crippen LogP contribution in [-0.4, -0.2) is 18.9 Å². The van der Waals surface area contributed by atoms with Gasteiger partial charge in [-0.05, 0) is 48.9 Å². The van der Waals surface area contributed by atoms with Crippen molar-refractivity contribution in [3.63, 3.8) is 0 Å². The maximum absolute atomic E-state index is 9.84. The van der Waals surface area contributed by atoms with Gasteiger partial charge in [0.15, 0.2) is 5.65 Å². The Kier molecular flexibility index (Phi) is 3.96. The van der Waals surface area contributed by atoms with E-state index in [1.807, 2.05) is 42.2 Å². The third-order valence-electron chi connectivity index (χ3n) is 4.93. The Morgan fingerprint density at radius 1 is 1.23 bits per heavy atom. The first-order chi connectivity index (χ1) is 12.6. The predicted molar refractivity (Wildman–Crippen MR) is 102 cm³/mol. The Morgan fingerprint density at radius 2 is 2.04 bits per heavy atom. The molecule has 5 nitrogen and oxygen atoms in total. The summed E-state index contributed by atoms with van der Waals surface area (Å²) in [6, 6.07) is 10.4. The number of pyridine rings is 1. The van der Waals surface area contributed by atoms with Gasteiger partial charge in [-0.3, -0.25) is 8.97 Å². The molecule has 0 amide bonds. The van der Waals surface area contributed by atoms with E-state index in [0.29, 0.717) is 17.1 Å². The third kappa shape index (κ3) is 2.46. The number of para-hydroxylation sites is 2. The lowest BCUT2D eigenvalue weighted by Crippen LogP contribution is -2.11. The van der Waals surface area contributed by atoms with Crippen molar-refractivity contribution in [3.05, 3.63) is 59.7 Å². The van der Waals surface area contributed by atoms with E-state index in [9.17, 15) is 5.26 Å². The smallest absolute Gasteiger partial charge is 0.157 e. The van der Waals surface area contributed by atoms with E-state index < -0.39 is 0 Å². The molecule has 0 N–H and O–H groups in total. The van der Waals surface area contributed by atoms with Crippen LogP contribution in [0.15, 0.2) is 43.0 Å². The molecule has 0 unspecified atom stereocenters. The number of nitrogens with zero attached hydrogens (tertiary/aromatic N) is 5. The summed E-state index contributed by atoms with van der Waals surface area (Å²) >= 11 is 0. The van der Waals surface area contributed by atoms with Crippen LogP contribution in [0.25, 0.3) is 22.5 Å². The van der Waals surface area contributed by atoms with E-state index in [4.69, 9.17) is 4.98 Å². The standard InChI is InChI=1S/C21H21N5/c1-14(2)8-9-16-15(3)17(12-22)20-24-18-6-4-5-7-19(18)26(20)21(16)25-11-10-23-13-25/h4-7,10-11,13-14H,8-9H2,1-3H3. The van der Waals surface area contributed by atoms with Gasteiger partial charge in [-0.15, -0.1) is 0 Å². The fraction of sp³-hybridized carbons (Fsp3) is 0.286. The number of benzene rings is 1. The van der Waals surface area contributed by atoms with Crippen LogP contribution < -0.4 is 0 Å². The summed E-state index contributed by atoms with van der Waals surface area (Å²) in [7, 11) is 0. The summed E-state index contributed by atoms with van der Waals surface area (Å²) in [5, 5.41) is 9.84. The van der Waals surface area contributed by atoms with Gasteiger partial charge < -0.3 is 0 Å². The molecule has 0 saturated carbocycles. The van der Waals surface area contributed by atoms with Gasteiger partial charge in [-0.25, -0.2) is 9.97 Å². The van der Waals surface area contributed by atoms with Crippen molar-refractivity contribution in [2.45, 2.75) is 33.6 Å². The zero-order valence-electron chi connectivity index (χ0n) is 15.3. The second kappa shape index (κ2) is 6.30. The number of rotatable bonds is 4. The van der Waals surface area contributed by atoms with Crippen LogP contribution in [0, 0.1) is 24.2 Å². The molecule has 26 heavy (non-hydrogen) atoms. The van der Waals surface area contributed by atoms with Crippen LogP contribution >= 0.6 is 0 Å². The van der Waals surface area contributed by atoms with E-state index in [1.54, 1.807) is 6.20 Å². The molecule has 0 aliphatic carbocycles. The highest BCUT2D eigenvalue weighted by atomic mass is 15.2. The molecule has 0 spiro atoms. The first kappa shape index (κ1) is 16.3. The Balaban J connectivity index is 2.17. The zero-order valence-corrected chi connectivity index (χ0v) is 15.3. The van der Waals surface area contributed by atoms with Crippen LogP contribution in [0.5, 0.6) is 0 Å². The van der Waals surface area contributed by atoms with Gasteiger partial charge in [0, 0.05) is 12.4 Å². The predicted octanol–water partition coefficient (Wildman–Crippen LogP) is 4.44. The summed E-state index contributed by atoms with van der Waals surface area (Å²) in [6.07, 6.45) is 7.52. The van der Waals surface area contributed by atoms with E-state index in [-0.39, 0.29) is 0 Å². The van der Waals surface area contributed by atoms with Crippen molar-refractivity contribution >= 4 is 16.7 Å². The molecule has 0 aliphatic heterocycles. The molecule has 0 atom stereocenters. The Morgan fingerprint density at radius 3 is 2.73 bits per heavy atom. The van der Waals surface area contributed by atoms with Gasteiger partial charge in [0.05, 0.1) is 16.6 Å². The van der Waals surface area contributed by atoms with E-state index in [1.165, 1.54) is 5.56 Å². The second-order valence-corrected chi connectivity index (χ2v) is 7.08. The molecule has 130 valence electrons. The molecule has 0 radical (unpaired) electrons. The van der Waals surface area contributed by atoms with Crippen molar-refractivity contribution in [3.8, 4) is 11.9 Å². The molecular formula is C21H21N5. The molecule has 5 heteroatoms. The highest BCUT2D eigenvalue weighted by molar-refractivity contribution is 5.85. The van der Waals surface area contributed by atoms with Crippen LogP contribution in [0.1, 0.15) is 37.0 Å². The summed E-state index contributed by atoms with van der Waals surface area (Å²) < 4.78 is 4.14. The molecule has 0 bridgehead atoms. The monoisotopic (exact) mass is 343 g/mol. The average molecular weight is 343 g/mol. The Hall–Kier alpha value is -3.13. The number of imidazole rings is 2. The van der Waals surface area contributed by atoms with E-state index >= 15 is 0 Å². The van der Waals surface area contributed by atoms with Gasteiger partial charge in [0.25, 0.3) is 0 Å². The lowest BCUT2D eigenvalue weighted by molar-refractivity contribution is 0.583. The molecule has 0 fully saturated rings. The molecule has 4 rings (SSSR count). The van der Waals surface area contributed by atoms with Gasteiger partial charge in [-0.2, -0.15) is 5.26 Å². The number of aromatic nitrogens is 4. The van der Waals surface area contributed by atoms with Gasteiger partial charge >= 0.3 is 0 Å². The van der Waals surface area contributed by atoms with Crippen molar-refractivity contribution in [2.24, 2.45) is 5.92 Å². The van der Waals surface area contributed by atoms with Crippen molar-refractivity contribution in [1.82, 2.24) is 18.9 Å². The van der Waals surface area contributed by atoms with Gasteiger partial charge in [0.2, 0.25) is 0 Å². The average Bonchev–Trinajstić information content (AvgIpc) is 3.27.